The zero-order chi connectivity index (χ0) is 15.8. The van der Waals surface area contributed by atoms with E-state index < -0.39 is 0 Å². The SMILES string of the molecule is Cc1nc([C@H]2CCCN2CC(=O)N2CCc3ccccc32)no1. The normalized spacial score (nSPS) is 20.9. The van der Waals surface area contributed by atoms with Gasteiger partial charge in [0.1, 0.15) is 0 Å². The fraction of sp³-hybridized carbons (Fsp3) is 0.471. The maximum Gasteiger partial charge on any atom is 0.241 e. The van der Waals surface area contributed by atoms with Crippen molar-refractivity contribution in [3.8, 4) is 0 Å². The summed E-state index contributed by atoms with van der Waals surface area (Å²) >= 11 is 0. The lowest BCUT2D eigenvalue weighted by Gasteiger charge is -2.25. The largest absolute Gasteiger partial charge is 0.340 e. The summed E-state index contributed by atoms with van der Waals surface area (Å²) in [6.07, 6.45) is 2.97. The van der Waals surface area contributed by atoms with Gasteiger partial charge in [0.2, 0.25) is 11.8 Å². The second-order valence-corrected chi connectivity index (χ2v) is 6.22. The lowest BCUT2D eigenvalue weighted by atomic mass is 10.2. The fourth-order valence-electron chi connectivity index (χ4n) is 3.61. The van der Waals surface area contributed by atoms with E-state index in [-0.39, 0.29) is 11.9 Å². The molecule has 0 spiro atoms. The highest BCUT2D eigenvalue weighted by Gasteiger charge is 2.33. The number of aromatic nitrogens is 2. The smallest absolute Gasteiger partial charge is 0.241 e. The topological polar surface area (TPSA) is 62.5 Å². The van der Waals surface area contributed by atoms with Crippen LogP contribution in [0.15, 0.2) is 28.8 Å². The monoisotopic (exact) mass is 312 g/mol. The second-order valence-electron chi connectivity index (χ2n) is 6.22. The van der Waals surface area contributed by atoms with E-state index in [4.69, 9.17) is 4.52 Å². The summed E-state index contributed by atoms with van der Waals surface area (Å²) in [6.45, 7) is 3.88. The molecule has 2 aliphatic rings. The van der Waals surface area contributed by atoms with Gasteiger partial charge in [0.25, 0.3) is 0 Å². The van der Waals surface area contributed by atoms with Crippen LogP contribution in [0.5, 0.6) is 0 Å². The summed E-state index contributed by atoms with van der Waals surface area (Å²) in [5.74, 6) is 1.43. The van der Waals surface area contributed by atoms with Gasteiger partial charge in [-0.3, -0.25) is 9.69 Å². The van der Waals surface area contributed by atoms with Crippen LogP contribution in [0.1, 0.15) is 36.2 Å². The van der Waals surface area contributed by atoms with Gasteiger partial charge in [0.05, 0.1) is 12.6 Å². The maximum atomic E-state index is 12.8. The molecule has 1 aromatic heterocycles. The first-order chi connectivity index (χ1) is 11.2. The Morgan fingerprint density at radius 3 is 3.04 bits per heavy atom. The number of nitrogens with zero attached hydrogens (tertiary/aromatic N) is 4. The zero-order valence-corrected chi connectivity index (χ0v) is 13.2. The van der Waals surface area contributed by atoms with Crippen molar-refractivity contribution in [2.45, 2.75) is 32.2 Å². The van der Waals surface area contributed by atoms with Gasteiger partial charge < -0.3 is 9.42 Å². The van der Waals surface area contributed by atoms with Crippen molar-refractivity contribution in [3.05, 3.63) is 41.5 Å². The van der Waals surface area contributed by atoms with Gasteiger partial charge in [-0.2, -0.15) is 4.98 Å². The Labute approximate surface area is 135 Å². The number of rotatable bonds is 3. The Hall–Kier alpha value is -2.21. The summed E-state index contributed by atoms with van der Waals surface area (Å²) < 4.78 is 5.09. The molecule has 0 unspecified atom stereocenters. The number of hydrogen-bond acceptors (Lipinski definition) is 5. The molecular weight excluding hydrogens is 292 g/mol. The molecule has 2 aliphatic heterocycles. The minimum Gasteiger partial charge on any atom is -0.340 e. The van der Waals surface area contributed by atoms with Crippen LogP contribution in [0.3, 0.4) is 0 Å². The highest BCUT2D eigenvalue weighted by Crippen LogP contribution is 2.31. The van der Waals surface area contributed by atoms with E-state index in [2.05, 4.69) is 21.1 Å². The highest BCUT2D eigenvalue weighted by atomic mass is 16.5. The van der Waals surface area contributed by atoms with Crippen molar-refractivity contribution in [2.24, 2.45) is 0 Å². The standard InChI is InChI=1S/C17H20N4O2/c1-12-18-17(19-23-12)15-7-4-9-20(15)11-16(22)21-10-8-13-5-2-3-6-14(13)21/h2-3,5-6,15H,4,7-11H2,1H3/t15-/m1/s1. The number of carbonyl (C=O) groups is 1. The van der Waals surface area contributed by atoms with Gasteiger partial charge in [-0.15, -0.1) is 0 Å². The molecule has 6 heteroatoms. The number of benzene rings is 1. The molecule has 6 nitrogen and oxygen atoms in total. The molecule has 0 bridgehead atoms. The summed E-state index contributed by atoms with van der Waals surface area (Å²) in [6, 6.07) is 8.25. The molecule has 1 fully saturated rings. The molecule has 0 saturated carbocycles. The van der Waals surface area contributed by atoms with Crippen molar-refractivity contribution in [1.29, 1.82) is 0 Å². The number of fused-ring (bicyclic) bond motifs is 1. The molecule has 0 aliphatic carbocycles. The van der Waals surface area contributed by atoms with Crippen molar-refractivity contribution in [3.63, 3.8) is 0 Å². The summed E-state index contributed by atoms with van der Waals surface area (Å²) in [5, 5.41) is 4.04. The Kier molecular flexibility index (Phi) is 3.61. The number of para-hydroxylation sites is 1. The third kappa shape index (κ3) is 2.63. The highest BCUT2D eigenvalue weighted by molar-refractivity contribution is 5.96. The molecule has 23 heavy (non-hydrogen) atoms. The molecule has 3 heterocycles. The Balaban J connectivity index is 1.48. The molecule has 1 amide bonds. The van der Waals surface area contributed by atoms with Gasteiger partial charge in [0, 0.05) is 19.2 Å². The number of amides is 1. The van der Waals surface area contributed by atoms with Gasteiger partial charge in [-0.05, 0) is 37.4 Å². The van der Waals surface area contributed by atoms with Gasteiger partial charge in [-0.1, -0.05) is 23.4 Å². The summed E-state index contributed by atoms with van der Waals surface area (Å²) in [7, 11) is 0. The molecular formula is C17H20N4O2. The maximum absolute atomic E-state index is 12.8. The van der Waals surface area contributed by atoms with Crippen LogP contribution in [-0.4, -0.2) is 40.6 Å². The minimum atomic E-state index is 0.0919. The molecule has 120 valence electrons. The van der Waals surface area contributed by atoms with Crippen LogP contribution >= 0.6 is 0 Å². The van der Waals surface area contributed by atoms with Crippen molar-refractivity contribution >= 4 is 11.6 Å². The van der Waals surface area contributed by atoms with E-state index >= 15 is 0 Å². The average Bonchev–Trinajstić information content (AvgIpc) is 3.25. The molecule has 1 aromatic carbocycles. The zero-order valence-electron chi connectivity index (χ0n) is 13.2. The predicted molar refractivity (Wildman–Crippen MR) is 85.1 cm³/mol. The minimum absolute atomic E-state index is 0.0919. The van der Waals surface area contributed by atoms with Gasteiger partial charge in [-0.25, -0.2) is 0 Å². The molecule has 0 radical (unpaired) electrons. The Bertz CT molecular complexity index is 727. The number of carbonyl (C=O) groups excluding carboxylic acids is 1. The third-order valence-electron chi connectivity index (χ3n) is 4.73. The fourth-order valence-corrected chi connectivity index (χ4v) is 3.61. The van der Waals surface area contributed by atoms with Crippen LogP contribution in [0, 0.1) is 6.92 Å². The first-order valence-electron chi connectivity index (χ1n) is 8.15. The van der Waals surface area contributed by atoms with Crippen LogP contribution in [0.4, 0.5) is 5.69 Å². The van der Waals surface area contributed by atoms with Gasteiger partial charge in [0.15, 0.2) is 5.82 Å². The van der Waals surface area contributed by atoms with Crippen molar-refractivity contribution in [2.75, 3.05) is 24.5 Å². The quantitative estimate of drug-likeness (QED) is 0.868. The lowest BCUT2D eigenvalue weighted by molar-refractivity contribution is -0.119. The molecule has 0 N–H and O–H groups in total. The predicted octanol–water partition coefficient (Wildman–Crippen LogP) is 2.10. The number of anilines is 1. The van der Waals surface area contributed by atoms with Crippen molar-refractivity contribution in [1.82, 2.24) is 15.0 Å². The van der Waals surface area contributed by atoms with Crippen LogP contribution < -0.4 is 4.90 Å². The molecule has 1 saturated heterocycles. The summed E-state index contributed by atoms with van der Waals surface area (Å²) in [4.78, 5) is 21.2. The average molecular weight is 312 g/mol. The van der Waals surface area contributed by atoms with E-state index in [1.54, 1.807) is 6.92 Å². The van der Waals surface area contributed by atoms with E-state index in [1.165, 1.54) is 5.56 Å². The van der Waals surface area contributed by atoms with E-state index in [9.17, 15) is 4.79 Å². The summed E-state index contributed by atoms with van der Waals surface area (Å²) in [5.41, 5.74) is 2.32. The van der Waals surface area contributed by atoms with Crippen LogP contribution in [0.2, 0.25) is 0 Å². The molecule has 2 aromatic rings. The number of likely N-dealkylation sites (tertiary alicyclic amines) is 1. The Morgan fingerprint density at radius 2 is 2.22 bits per heavy atom. The van der Waals surface area contributed by atoms with E-state index in [0.29, 0.717) is 18.3 Å². The molecule has 1 atom stereocenters. The van der Waals surface area contributed by atoms with Crippen LogP contribution in [0.25, 0.3) is 0 Å². The van der Waals surface area contributed by atoms with E-state index in [1.807, 2.05) is 23.1 Å². The van der Waals surface area contributed by atoms with Crippen LogP contribution in [-0.2, 0) is 11.2 Å². The molecule has 4 rings (SSSR count). The first kappa shape index (κ1) is 14.4. The van der Waals surface area contributed by atoms with E-state index in [0.717, 1.165) is 38.0 Å². The first-order valence-corrected chi connectivity index (χ1v) is 8.15. The second kappa shape index (κ2) is 5.77. The Morgan fingerprint density at radius 1 is 1.35 bits per heavy atom. The van der Waals surface area contributed by atoms with Crippen molar-refractivity contribution < 1.29 is 9.32 Å². The van der Waals surface area contributed by atoms with Gasteiger partial charge >= 0.3 is 0 Å². The number of hydrogen-bond donors (Lipinski definition) is 0. The third-order valence-corrected chi connectivity index (χ3v) is 4.73. The number of aryl methyl sites for hydroxylation is 1. The lowest BCUT2D eigenvalue weighted by Crippen LogP contribution is -2.39.